The van der Waals surface area contributed by atoms with Crippen LogP contribution in [0.2, 0.25) is 0 Å². The van der Waals surface area contributed by atoms with Crippen LogP contribution in [0.4, 0.5) is 11.4 Å². The minimum absolute atomic E-state index is 0.0267. The molecule has 0 unspecified atom stereocenters. The Morgan fingerprint density at radius 2 is 1.62 bits per heavy atom. The third-order valence-electron chi connectivity index (χ3n) is 5.52. The predicted molar refractivity (Wildman–Crippen MR) is 115 cm³/mol. The molecule has 0 saturated carbocycles. The van der Waals surface area contributed by atoms with Crippen LogP contribution in [0.5, 0.6) is 0 Å². The van der Waals surface area contributed by atoms with Crippen molar-refractivity contribution in [3.63, 3.8) is 0 Å². The van der Waals surface area contributed by atoms with Crippen molar-refractivity contribution in [3.8, 4) is 11.1 Å². The Bertz CT molecular complexity index is 934. The monoisotopic (exact) mass is 361 g/mol. The maximum Gasteiger partial charge on any atom is 0.0643 e. The highest BCUT2D eigenvalue weighted by molar-refractivity contribution is 7.13. The van der Waals surface area contributed by atoms with Crippen LogP contribution in [0, 0.1) is 0 Å². The molecule has 3 aromatic rings. The van der Waals surface area contributed by atoms with Gasteiger partial charge in [-0.3, -0.25) is 0 Å². The summed E-state index contributed by atoms with van der Waals surface area (Å²) in [6.07, 6.45) is 0. The molecular weight excluding hydrogens is 334 g/mol. The molecule has 0 bridgehead atoms. The first-order valence-corrected chi connectivity index (χ1v) is 10.4. The largest absolute Gasteiger partial charge is 0.340 e. The molecular formula is C24H27NS. The van der Waals surface area contributed by atoms with Crippen LogP contribution in [-0.4, -0.2) is 6.54 Å². The van der Waals surface area contributed by atoms with E-state index >= 15 is 0 Å². The zero-order chi connectivity index (χ0) is 18.5. The lowest BCUT2D eigenvalue weighted by molar-refractivity contribution is 0.641. The number of para-hydroxylation sites is 1. The minimum atomic E-state index is 0.0267. The Morgan fingerprint density at radius 1 is 0.962 bits per heavy atom. The van der Waals surface area contributed by atoms with Gasteiger partial charge in [-0.15, -0.1) is 11.3 Å². The summed E-state index contributed by atoms with van der Waals surface area (Å²) >= 11 is 2.01. The highest BCUT2D eigenvalue weighted by Gasteiger charge is 2.40. The Hall–Kier alpha value is -2.06. The number of anilines is 2. The van der Waals surface area contributed by atoms with E-state index in [1.165, 1.54) is 37.8 Å². The molecule has 4 rings (SSSR count). The zero-order valence-electron chi connectivity index (χ0n) is 16.3. The third kappa shape index (κ3) is 2.43. The van der Waals surface area contributed by atoms with Gasteiger partial charge in [0.2, 0.25) is 0 Å². The number of hydrogen-bond donors (Lipinski definition) is 0. The van der Waals surface area contributed by atoms with Crippen molar-refractivity contribution in [1.82, 2.24) is 0 Å². The maximum absolute atomic E-state index is 2.53. The second-order valence-corrected chi connectivity index (χ2v) is 8.98. The average Bonchev–Trinajstić information content (AvgIpc) is 3.05. The molecule has 134 valence electrons. The Kier molecular flexibility index (Phi) is 4.19. The summed E-state index contributed by atoms with van der Waals surface area (Å²) < 4.78 is 0. The van der Waals surface area contributed by atoms with Gasteiger partial charge in [0.1, 0.15) is 0 Å². The lowest BCUT2D eigenvalue weighted by Crippen LogP contribution is -2.31. The molecule has 0 spiro atoms. The summed E-state index contributed by atoms with van der Waals surface area (Å²) in [5, 5.41) is 0. The molecule has 0 saturated heterocycles. The smallest absolute Gasteiger partial charge is 0.0643 e. The summed E-state index contributed by atoms with van der Waals surface area (Å²) in [6.45, 7) is 12.6. The number of rotatable bonds is 3. The molecule has 0 N–H and O–H groups in total. The molecule has 2 heterocycles. The number of thiophene rings is 1. The summed E-state index contributed by atoms with van der Waals surface area (Å²) in [5.74, 6) is 0.512. The molecule has 1 aromatic heterocycles. The molecule has 0 fully saturated rings. The van der Waals surface area contributed by atoms with E-state index in [1.54, 1.807) is 0 Å². The van der Waals surface area contributed by atoms with Crippen LogP contribution in [-0.2, 0) is 5.41 Å². The molecule has 1 nitrogen and oxygen atoms in total. The molecule has 0 radical (unpaired) electrons. The van der Waals surface area contributed by atoms with Gasteiger partial charge < -0.3 is 4.90 Å². The molecule has 0 atom stereocenters. The number of nitrogens with zero attached hydrogens (tertiary/aromatic N) is 1. The van der Waals surface area contributed by atoms with Gasteiger partial charge in [0, 0.05) is 33.0 Å². The second kappa shape index (κ2) is 6.28. The molecule has 26 heavy (non-hydrogen) atoms. The first kappa shape index (κ1) is 17.4. The van der Waals surface area contributed by atoms with Gasteiger partial charge in [-0.05, 0) is 30.0 Å². The SMILES string of the molecule is CCN1c2ccccc2C(C)(C)c2sc(C(C)C)c(-c3ccccc3)c21. The second-order valence-electron chi connectivity index (χ2n) is 7.93. The fraction of sp³-hybridized carbons (Fsp3) is 0.333. The number of benzene rings is 2. The Balaban J connectivity index is 2.08. The quantitative estimate of drug-likeness (QED) is 0.472. The van der Waals surface area contributed by atoms with Crippen LogP contribution < -0.4 is 4.90 Å². The maximum atomic E-state index is 2.53. The van der Waals surface area contributed by atoms with Crippen LogP contribution in [0.25, 0.3) is 11.1 Å². The van der Waals surface area contributed by atoms with E-state index in [2.05, 4.69) is 94.1 Å². The summed E-state index contributed by atoms with van der Waals surface area (Å²) in [6, 6.07) is 19.9. The topological polar surface area (TPSA) is 3.24 Å². The van der Waals surface area contributed by atoms with E-state index in [0.717, 1.165) is 6.54 Å². The van der Waals surface area contributed by atoms with Crippen LogP contribution in [0.1, 0.15) is 55.9 Å². The van der Waals surface area contributed by atoms with Gasteiger partial charge >= 0.3 is 0 Å². The fourth-order valence-electron chi connectivity index (χ4n) is 4.22. The molecule has 0 amide bonds. The normalized spacial score (nSPS) is 15.1. The molecule has 2 heteroatoms. The first-order chi connectivity index (χ1) is 12.5. The van der Waals surface area contributed by atoms with Crippen LogP contribution in [0.15, 0.2) is 54.6 Å². The van der Waals surface area contributed by atoms with Crippen molar-refractivity contribution in [2.75, 3.05) is 11.4 Å². The van der Waals surface area contributed by atoms with Gasteiger partial charge in [-0.2, -0.15) is 0 Å². The predicted octanol–water partition coefficient (Wildman–Crippen LogP) is 7.34. The van der Waals surface area contributed by atoms with E-state index in [9.17, 15) is 0 Å². The molecule has 2 aromatic carbocycles. The van der Waals surface area contributed by atoms with Crippen molar-refractivity contribution in [1.29, 1.82) is 0 Å². The summed E-state index contributed by atoms with van der Waals surface area (Å²) in [5.41, 5.74) is 7.02. The number of fused-ring (bicyclic) bond motifs is 2. The van der Waals surface area contributed by atoms with Gasteiger partial charge in [0.25, 0.3) is 0 Å². The van der Waals surface area contributed by atoms with Crippen LogP contribution in [0.3, 0.4) is 0 Å². The zero-order valence-corrected chi connectivity index (χ0v) is 17.2. The lowest BCUT2D eigenvalue weighted by Gasteiger charge is -2.40. The molecule has 1 aliphatic rings. The highest BCUT2D eigenvalue weighted by atomic mass is 32.1. The average molecular weight is 362 g/mol. The van der Waals surface area contributed by atoms with Crippen molar-refractivity contribution in [3.05, 3.63) is 69.9 Å². The van der Waals surface area contributed by atoms with E-state index in [0.29, 0.717) is 5.92 Å². The van der Waals surface area contributed by atoms with E-state index in [4.69, 9.17) is 0 Å². The van der Waals surface area contributed by atoms with Crippen molar-refractivity contribution in [2.45, 2.75) is 46.0 Å². The van der Waals surface area contributed by atoms with Gasteiger partial charge in [0.15, 0.2) is 0 Å². The summed E-state index contributed by atoms with van der Waals surface area (Å²) in [7, 11) is 0. The van der Waals surface area contributed by atoms with Crippen molar-refractivity contribution >= 4 is 22.7 Å². The lowest BCUT2D eigenvalue weighted by atomic mass is 9.77. The molecule has 1 aliphatic heterocycles. The van der Waals surface area contributed by atoms with E-state index in [1.807, 2.05) is 11.3 Å². The van der Waals surface area contributed by atoms with E-state index in [-0.39, 0.29) is 5.41 Å². The number of hydrogen-bond acceptors (Lipinski definition) is 2. The van der Waals surface area contributed by atoms with Crippen molar-refractivity contribution < 1.29 is 0 Å². The Morgan fingerprint density at radius 3 is 2.27 bits per heavy atom. The van der Waals surface area contributed by atoms with Gasteiger partial charge in [-0.25, -0.2) is 0 Å². The Labute approximate surface area is 161 Å². The van der Waals surface area contributed by atoms with Gasteiger partial charge in [-0.1, -0.05) is 76.2 Å². The highest BCUT2D eigenvalue weighted by Crippen LogP contribution is 2.57. The summed E-state index contributed by atoms with van der Waals surface area (Å²) in [4.78, 5) is 5.53. The van der Waals surface area contributed by atoms with Crippen molar-refractivity contribution in [2.24, 2.45) is 0 Å². The standard InChI is InChI=1S/C24H27NS/c1-6-25-19-15-11-10-14-18(19)24(4,5)23-21(25)20(22(26-23)16(2)3)17-12-8-7-9-13-17/h7-16H,6H2,1-5H3. The van der Waals surface area contributed by atoms with Gasteiger partial charge in [0.05, 0.1) is 5.69 Å². The first-order valence-electron chi connectivity index (χ1n) is 9.56. The molecule has 0 aliphatic carbocycles. The minimum Gasteiger partial charge on any atom is -0.340 e. The van der Waals surface area contributed by atoms with Crippen LogP contribution >= 0.6 is 11.3 Å². The fourth-order valence-corrected chi connectivity index (χ4v) is 5.67. The van der Waals surface area contributed by atoms with E-state index < -0.39 is 0 Å². The third-order valence-corrected chi connectivity index (χ3v) is 7.32.